The zero-order chi connectivity index (χ0) is 10.6. The lowest BCUT2D eigenvalue weighted by atomic mass is 10.1. The Morgan fingerprint density at radius 2 is 2.29 bits per heavy atom. The summed E-state index contributed by atoms with van der Waals surface area (Å²) >= 11 is 3.39. The van der Waals surface area contributed by atoms with E-state index < -0.39 is 0 Å². The number of aliphatic imine (C=N–C) groups is 1. The first-order chi connectivity index (χ1) is 6.63. The molecule has 0 saturated carbocycles. The highest BCUT2D eigenvalue weighted by atomic mass is 79.9. The van der Waals surface area contributed by atoms with Crippen LogP contribution in [0.1, 0.15) is 18.5 Å². The van der Waals surface area contributed by atoms with Crippen LogP contribution >= 0.6 is 15.9 Å². The maximum absolute atomic E-state index is 5.45. The minimum atomic E-state index is -0.0106. The molecule has 14 heavy (non-hydrogen) atoms. The topological polar surface area (TPSA) is 76.4 Å². The van der Waals surface area contributed by atoms with E-state index in [4.69, 9.17) is 11.6 Å². The van der Waals surface area contributed by atoms with Crippen molar-refractivity contribution in [3.05, 3.63) is 34.3 Å². The molecule has 5 heteroatoms. The van der Waals surface area contributed by atoms with Crippen LogP contribution < -0.4 is 17.0 Å². The van der Waals surface area contributed by atoms with Crippen molar-refractivity contribution in [1.29, 1.82) is 0 Å². The van der Waals surface area contributed by atoms with Gasteiger partial charge in [-0.15, -0.1) is 0 Å². The maximum Gasteiger partial charge on any atom is 0.203 e. The maximum atomic E-state index is 5.45. The van der Waals surface area contributed by atoms with Crippen molar-refractivity contribution in [2.45, 2.75) is 13.0 Å². The molecule has 0 radical (unpaired) electrons. The zero-order valence-corrected chi connectivity index (χ0v) is 9.45. The monoisotopic (exact) mass is 256 g/mol. The molecule has 0 unspecified atom stereocenters. The number of hydrogen-bond acceptors (Lipinski definition) is 2. The first-order valence-corrected chi connectivity index (χ1v) is 4.98. The molecule has 1 atom stereocenters. The minimum absolute atomic E-state index is 0.0106. The lowest BCUT2D eigenvalue weighted by Gasteiger charge is -2.08. The van der Waals surface area contributed by atoms with Crippen molar-refractivity contribution >= 4 is 21.9 Å². The third-order valence-electron chi connectivity index (χ3n) is 1.81. The average Bonchev–Trinajstić information content (AvgIpc) is 2.17. The molecule has 0 bridgehead atoms. The Hall–Kier alpha value is -1.07. The zero-order valence-electron chi connectivity index (χ0n) is 7.87. The molecule has 1 rings (SSSR count). The number of hydrazine groups is 1. The Bertz CT molecular complexity index is 337. The molecule has 0 spiro atoms. The van der Waals surface area contributed by atoms with E-state index in [9.17, 15) is 0 Å². The summed E-state index contributed by atoms with van der Waals surface area (Å²) in [5.74, 6) is 5.35. The molecule has 4 nitrogen and oxygen atoms in total. The summed E-state index contributed by atoms with van der Waals surface area (Å²) < 4.78 is 1.02. The van der Waals surface area contributed by atoms with Crippen LogP contribution in [0, 0.1) is 0 Å². The molecule has 1 aromatic carbocycles. The van der Waals surface area contributed by atoms with Gasteiger partial charge in [0.05, 0.1) is 6.04 Å². The number of hydrogen-bond donors (Lipinski definition) is 3. The standard InChI is InChI=1S/C9H13BrN4/c1-6(13-9(11)14-12)7-3-2-4-8(10)5-7/h2-6H,12H2,1H3,(H3,11,13,14)/t6-/m0/s1. The second kappa shape index (κ2) is 4.97. The van der Waals surface area contributed by atoms with Crippen molar-refractivity contribution in [3.8, 4) is 0 Å². The van der Waals surface area contributed by atoms with Gasteiger partial charge in [0, 0.05) is 4.47 Å². The van der Waals surface area contributed by atoms with E-state index in [0.717, 1.165) is 10.0 Å². The Morgan fingerprint density at radius 1 is 1.57 bits per heavy atom. The van der Waals surface area contributed by atoms with Gasteiger partial charge in [0.25, 0.3) is 0 Å². The first-order valence-electron chi connectivity index (χ1n) is 4.19. The van der Waals surface area contributed by atoms with E-state index in [1.165, 1.54) is 0 Å². The summed E-state index contributed by atoms with van der Waals surface area (Å²) in [6, 6.07) is 7.89. The highest BCUT2D eigenvalue weighted by Gasteiger charge is 2.03. The number of guanidine groups is 1. The van der Waals surface area contributed by atoms with Gasteiger partial charge in [-0.3, -0.25) is 5.43 Å². The quantitative estimate of drug-likeness (QED) is 0.323. The second-order valence-electron chi connectivity index (χ2n) is 2.89. The summed E-state index contributed by atoms with van der Waals surface area (Å²) in [7, 11) is 0. The van der Waals surface area contributed by atoms with E-state index in [-0.39, 0.29) is 12.0 Å². The predicted molar refractivity (Wildman–Crippen MR) is 61.5 cm³/mol. The number of benzene rings is 1. The van der Waals surface area contributed by atoms with Gasteiger partial charge in [-0.25, -0.2) is 10.8 Å². The smallest absolute Gasteiger partial charge is 0.203 e. The van der Waals surface area contributed by atoms with E-state index in [1.807, 2.05) is 31.2 Å². The van der Waals surface area contributed by atoms with Gasteiger partial charge in [-0.2, -0.15) is 0 Å². The Kier molecular flexibility index (Phi) is 3.91. The Morgan fingerprint density at radius 3 is 2.86 bits per heavy atom. The second-order valence-corrected chi connectivity index (χ2v) is 3.81. The molecular weight excluding hydrogens is 244 g/mol. The summed E-state index contributed by atoms with van der Waals surface area (Å²) in [6.07, 6.45) is 0. The molecule has 0 aliphatic heterocycles. The van der Waals surface area contributed by atoms with Crippen LogP contribution in [0.5, 0.6) is 0 Å². The predicted octanol–water partition coefficient (Wildman–Crippen LogP) is 1.29. The fourth-order valence-corrected chi connectivity index (χ4v) is 1.50. The van der Waals surface area contributed by atoms with Gasteiger partial charge >= 0.3 is 0 Å². The summed E-state index contributed by atoms with van der Waals surface area (Å²) in [4.78, 5) is 4.14. The van der Waals surface area contributed by atoms with Gasteiger partial charge in [-0.1, -0.05) is 28.1 Å². The molecule has 5 N–H and O–H groups in total. The highest BCUT2D eigenvalue weighted by molar-refractivity contribution is 9.10. The lowest BCUT2D eigenvalue weighted by Crippen LogP contribution is -2.37. The molecule has 0 aromatic heterocycles. The molecular formula is C9H13BrN4. The van der Waals surface area contributed by atoms with Crippen molar-refractivity contribution in [2.24, 2.45) is 16.6 Å². The van der Waals surface area contributed by atoms with Crippen molar-refractivity contribution in [3.63, 3.8) is 0 Å². The SMILES string of the molecule is C[C@H](N=C(N)NN)c1cccc(Br)c1. The fourth-order valence-electron chi connectivity index (χ4n) is 1.09. The van der Waals surface area contributed by atoms with Crippen LogP contribution in [-0.4, -0.2) is 5.96 Å². The normalized spacial score (nSPS) is 13.8. The van der Waals surface area contributed by atoms with E-state index >= 15 is 0 Å². The van der Waals surface area contributed by atoms with Gasteiger partial charge < -0.3 is 5.73 Å². The minimum Gasteiger partial charge on any atom is -0.369 e. The summed E-state index contributed by atoms with van der Waals surface area (Å²) in [5, 5.41) is 0. The van der Waals surface area contributed by atoms with Crippen molar-refractivity contribution in [1.82, 2.24) is 5.43 Å². The number of nitrogens with zero attached hydrogens (tertiary/aromatic N) is 1. The molecule has 1 aromatic rings. The van der Waals surface area contributed by atoms with Crippen LogP contribution in [0.2, 0.25) is 0 Å². The van der Waals surface area contributed by atoms with Crippen LogP contribution in [0.4, 0.5) is 0 Å². The fraction of sp³-hybridized carbons (Fsp3) is 0.222. The van der Waals surface area contributed by atoms with E-state index in [2.05, 4.69) is 26.3 Å². The summed E-state index contributed by atoms with van der Waals surface area (Å²) in [6.45, 7) is 1.95. The van der Waals surface area contributed by atoms with Crippen molar-refractivity contribution in [2.75, 3.05) is 0 Å². The van der Waals surface area contributed by atoms with E-state index in [0.29, 0.717) is 0 Å². The summed E-state index contributed by atoms with van der Waals surface area (Å²) in [5.41, 5.74) is 8.83. The average molecular weight is 257 g/mol. The molecule has 0 fully saturated rings. The van der Waals surface area contributed by atoms with Crippen molar-refractivity contribution < 1.29 is 0 Å². The number of rotatable bonds is 2. The Labute approximate surface area is 91.5 Å². The molecule has 0 aliphatic rings. The number of halogens is 1. The third-order valence-corrected chi connectivity index (χ3v) is 2.30. The van der Waals surface area contributed by atoms with Crippen LogP contribution in [0.15, 0.2) is 33.7 Å². The molecule has 0 heterocycles. The van der Waals surface area contributed by atoms with Crippen LogP contribution in [0.3, 0.4) is 0 Å². The first kappa shape index (κ1) is 11.0. The molecule has 0 saturated heterocycles. The molecule has 0 aliphatic carbocycles. The molecule has 0 amide bonds. The lowest BCUT2D eigenvalue weighted by molar-refractivity contribution is 0.800. The highest BCUT2D eigenvalue weighted by Crippen LogP contribution is 2.20. The molecule has 76 valence electrons. The van der Waals surface area contributed by atoms with Gasteiger partial charge in [0.2, 0.25) is 5.96 Å². The van der Waals surface area contributed by atoms with Gasteiger partial charge in [0.1, 0.15) is 0 Å². The Balaban J connectivity index is 2.84. The van der Waals surface area contributed by atoms with Crippen LogP contribution in [-0.2, 0) is 0 Å². The van der Waals surface area contributed by atoms with E-state index in [1.54, 1.807) is 0 Å². The van der Waals surface area contributed by atoms with Crippen LogP contribution in [0.25, 0.3) is 0 Å². The third kappa shape index (κ3) is 3.01. The van der Waals surface area contributed by atoms with Gasteiger partial charge in [0.15, 0.2) is 0 Å². The number of nitrogens with one attached hydrogen (secondary N) is 1. The largest absolute Gasteiger partial charge is 0.369 e. The van der Waals surface area contributed by atoms with Gasteiger partial charge in [-0.05, 0) is 24.6 Å². The number of nitrogens with two attached hydrogens (primary N) is 2.